The summed E-state index contributed by atoms with van der Waals surface area (Å²) >= 11 is 0. The van der Waals surface area contributed by atoms with Crippen molar-refractivity contribution < 1.29 is 4.79 Å². The summed E-state index contributed by atoms with van der Waals surface area (Å²) in [4.78, 5) is 19.1. The number of hydrogen-bond acceptors (Lipinski definition) is 6. The van der Waals surface area contributed by atoms with Gasteiger partial charge in [-0.15, -0.1) is 0 Å². The minimum atomic E-state index is 0.305. The molecule has 150 valence electrons. The Morgan fingerprint density at radius 1 is 1.11 bits per heavy atom. The van der Waals surface area contributed by atoms with Crippen LogP contribution in [-0.2, 0) is 4.79 Å². The molecule has 0 aliphatic carbocycles. The first-order valence-corrected chi connectivity index (χ1v) is 10.3. The highest BCUT2D eigenvalue weighted by atomic mass is 16.2. The Hall–Kier alpha value is -2.48. The molecule has 8 heteroatoms. The molecule has 8 nitrogen and oxygen atoms in total. The lowest BCUT2D eigenvalue weighted by Crippen LogP contribution is -2.47. The zero-order chi connectivity index (χ0) is 19.3. The van der Waals surface area contributed by atoms with Crippen molar-refractivity contribution >= 4 is 11.9 Å². The molecule has 4 rings (SSSR count). The lowest BCUT2D eigenvalue weighted by molar-refractivity contribution is -0.133. The molecule has 1 atom stereocenters. The Morgan fingerprint density at radius 2 is 1.89 bits per heavy atom. The van der Waals surface area contributed by atoms with Gasteiger partial charge in [0.25, 0.3) is 0 Å². The Bertz CT molecular complexity index is 770. The number of rotatable bonds is 5. The third-order valence-electron chi connectivity index (χ3n) is 5.88. The van der Waals surface area contributed by atoms with Gasteiger partial charge in [-0.1, -0.05) is 23.3 Å². The van der Waals surface area contributed by atoms with Crippen LogP contribution < -0.4 is 4.90 Å². The van der Waals surface area contributed by atoms with E-state index in [4.69, 9.17) is 0 Å². The van der Waals surface area contributed by atoms with E-state index in [0.717, 1.165) is 63.7 Å². The fourth-order valence-corrected chi connectivity index (χ4v) is 4.14. The lowest BCUT2D eigenvalue weighted by Gasteiger charge is -2.34. The molecule has 0 unspecified atom stereocenters. The minimum Gasteiger partial charge on any atom is -0.340 e. The zero-order valence-corrected chi connectivity index (χ0v) is 16.6. The molecular weight excluding hydrogens is 354 g/mol. The average molecular weight is 384 g/mol. The predicted octanol–water partition coefficient (Wildman–Crippen LogP) is 1.43. The summed E-state index contributed by atoms with van der Waals surface area (Å²) in [7, 11) is 2.11. The van der Waals surface area contributed by atoms with E-state index in [1.807, 2.05) is 35.2 Å². The van der Waals surface area contributed by atoms with Crippen molar-refractivity contribution in [3.05, 3.63) is 30.3 Å². The van der Waals surface area contributed by atoms with E-state index in [-0.39, 0.29) is 0 Å². The minimum absolute atomic E-state index is 0.305. The summed E-state index contributed by atoms with van der Waals surface area (Å²) in [6.45, 7) is 5.53. The van der Waals surface area contributed by atoms with Gasteiger partial charge in [-0.2, -0.15) is 4.68 Å². The van der Waals surface area contributed by atoms with Crippen molar-refractivity contribution in [2.45, 2.75) is 25.7 Å². The molecule has 3 heterocycles. The Balaban J connectivity index is 1.34. The third kappa shape index (κ3) is 4.32. The van der Waals surface area contributed by atoms with Gasteiger partial charge in [-0.05, 0) is 54.8 Å². The van der Waals surface area contributed by atoms with Crippen LogP contribution in [0.4, 0.5) is 5.95 Å². The number of para-hydroxylation sites is 1. The number of piperazine rings is 1. The summed E-state index contributed by atoms with van der Waals surface area (Å²) in [6, 6.07) is 9.99. The molecule has 28 heavy (non-hydrogen) atoms. The van der Waals surface area contributed by atoms with Gasteiger partial charge in [-0.3, -0.25) is 4.79 Å². The number of nitrogens with zero attached hydrogens (tertiary/aromatic N) is 7. The first-order valence-electron chi connectivity index (χ1n) is 10.3. The lowest BCUT2D eigenvalue weighted by atomic mass is 9.93. The van der Waals surface area contributed by atoms with Gasteiger partial charge in [0.05, 0.1) is 5.69 Å². The first-order chi connectivity index (χ1) is 13.7. The van der Waals surface area contributed by atoms with Crippen LogP contribution in [-0.4, -0.2) is 82.2 Å². The van der Waals surface area contributed by atoms with Crippen LogP contribution in [0.3, 0.4) is 0 Å². The number of likely N-dealkylation sites (N-methyl/N-ethyl adjacent to an activating group) is 1. The van der Waals surface area contributed by atoms with Crippen molar-refractivity contribution in [2.75, 3.05) is 51.2 Å². The summed E-state index contributed by atoms with van der Waals surface area (Å²) in [5.74, 6) is 1.60. The fourth-order valence-electron chi connectivity index (χ4n) is 4.14. The highest BCUT2D eigenvalue weighted by Crippen LogP contribution is 2.26. The van der Waals surface area contributed by atoms with Crippen LogP contribution in [0.15, 0.2) is 30.3 Å². The van der Waals surface area contributed by atoms with Crippen molar-refractivity contribution in [3.63, 3.8) is 0 Å². The molecule has 2 aromatic rings. The van der Waals surface area contributed by atoms with Crippen LogP contribution in [0.5, 0.6) is 0 Å². The molecule has 0 radical (unpaired) electrons. The second-order valence-corrected chi connectivity index (χ2v) is 7.90. The number of benzene rings is 1. The number of amides is 1. The van der Waals surface area contributed by atoms with E-state index in [1.165, 1.54) is 6.42 Å². The molecule has 1 aromatic carbocycles. The number of aromatic nitrogens is 4. The number of carbonyl (C=O) groups is 1. The van der Waals surface area contributed by atoms with E-state index in [2.05, 4.69) is 32.4 Å². The highest BCUT2D eigenvalue weighted by Gasteiger charge is 2.26. The van der Waals surface area contributed by atoms with Crippen LogP contribution in [0.1, 0.15) is 25.7 Å². The Morgan fingerprint density at radius 3 is 2.68 bits per heavy atom. The molecule has 2 aliphatic rings. The molecule has 0 bridgehead atoms. The molecular formula is C20H29N7O. The Labute approximate surface area is 166 Å². The molecule has 0 N–H and O–H groups in total. The third-order valence-corrected chi connectivity index (χ3v) is 5.88. The summed E-state index contributed by atoms with van der Waals surface area (Å²) in [6.07, 6.45) is 3.86. The number of hydrogen-bond donors (Lipinski definition) is 0. The molecule has 2 aliphatic heterocycles. The SMILES string of the molecule is CN1CCN(C(=O)CC[C@@H]2CCCN(c3nnnn3-c3ccccc3)C2)CC1. The quantitative estimate of drug-likeness (QED) is 0.778. The second-order valence-electron chi connectivity index (χ2n) is 7.90. The molecule has 2 saturated heterocycles. The van der Waals surface area contributed by atoms with Crippen LogP contribution in [0.25, 0.3) is 5.69 Å². The summed E-state index contributed by atoms with van der Waals surface area (Å²) in [5, 5.41) is 12.3. The number of piperidine rings is 1. The normalized spacial score (nSPS) is 21.1. The zero-order valence-electron chi connectivity index (χ0n) is 16.6. The molecule has 2 fully saturated rings. The highest BCUT2D eigenvalue weighted by molar-refractivity contribution is 5.76. The van der Waals surface area contributed by atoms with Crippen molar-refractivity contribution in [2.24, 2.45) is 5.92 Å². The standard InChI is InChI=1S/C20H29N7O/c1-24-12-14-25(15-13-24)19(28)10-9-17-6-5-11-26(16-17)20-21-22-23-27(20)18-7-3-2-4-8-18/h2-4,7-8,17H,5-6,9-16H2,1H3/t17-/m0/s1. The first kappa shape index (κ1) is 18.9. The maximum Gasteiger partial charge on any atom is 0.250 e. The smallest absolute Gasteiger partial charge is 0.250 e. The van der Waals surface area contributed by atoms with Gasteiger partial charge in [0.1, 0.15) is 0 Å². The van der Waals surface area contributed by atoms with Crippen molar-refractivity contribution in [1.82, 2.24) is 30.0 Å². The van der Waals surface area contributed by atoms with Gasteiger partial charge < -0.3 is 14.7 Å². The topological polar surface area (TPSA) is 70.4 Å². The number of anilines is 1. The van der Waals surface area contributed by atoms with Crippen molar-refractivity contribution in [1.29, 1.82) is 0 Å². The van der Waals surface area contributed by atoms with E-state index in [0.29, 0.717) is 18.2 Å². The van der Waals surface area contributed by atoms with Crippen LogP contribution in [0, 0.1) is 5.92 Å². The average Bonchev–Trinajstić information content (AvgIpc) is 3.23. The molecule has 1 amide bonds. The number of tetrazole rings is 1. The van der Waals surface area contributed by atoms with Crippen LogP contribution >= 0.6 is 0 Å². The Kier molecular flexibility index (Phi) is 5.85. The van der Waals surface area contributed by atoms with Gasteiger partial charge >= 0.3 is 0 Å². The van der Waals surface area contributed by atoms with Crippen molar-refractivity contribution in [3.8, 4) is 5.69 Å². The van der Waals surface area contributed by atoms with Gasteiger partial charge in [0, 0.05) is 45.7 Å². The molecule has 1 aromatic heterocycles. The van der Waals surface area contributed by atoms with E-state index in [1.54, 1.807) is 4.68 Å². The molecule has 0 spiro atoms. The monoisotopic (exact) mass is 383 g/mol. The van der Waals surface area contributed by atoms with E-state index in [9.17, 15) is 4.79 Å². The number of carbonyl (C=O) groups excluding carboxylic acids is 1. The fraction of sp³-hybridized carbons (Fsp3) is 0.600. The molecule has 0 saturated carbocycles. The van der Waals surface area contributed by atoms with E-state index < -0.39 is 0 Å². The van der Waals surface area contributed by atoms with Gasteiger partial charge in [0.2, 0.25) is 11.9 Å². The van der Waals surface area contributed by atoms with Gasteiger partial charge in [0.15, 0.2) is 0 Å². The van der Waals surface area contributed by atoms with Crippen LogP contribution in [0.2, 0.25) is 0 Å². The largest absolute Gasteiger partial charge is 0.340 e. The maximum atomic E-state index is 12.6. The van der Waals surface area contributed by atoms with E-state index >= 15 is 0 Å². The summed E-state index contributed by atoms with van der Waals surface area (Å²) < 4.78 is 1.80. The predicted molar refractivity (Wildman–Crippen MR) is 107 cm³/mol. The summed E-state index contributed by atoms with van der Waals surface area (Å²) in [5.41, 5.74) is 0.967. The second kappa shape index (κ2) is 8.68. The maximum absolute atomic E-state index is 12.6. The van der Waals surface area contributed by atoms with Gasteiger partial charge in [-0.25, -0.2) is 0 Å².